The molecule has 0 amide bonds. The van der Waals surface area contributed by atoms with Crippen LogP contribution in [0.4, 0.5) is 0 Å². The molecule has 3 heteroatoms. The molecule has 1 fully saturated rings. The molecule has 0 aromatic carbocycles. The van der Waals surface area contributed by atoms with Crippen molar-refractivity contribution in [3.05, 3.63) is 0 Å². The molecule has 1 aliphatic carbocycles. The van der Waals surface area contributed by atoms with Gasteiger partial charge in [-0.25, -0.2) is 0 Å². The monoisotopic (exact) mass is 200 g/mol. The first-order valence-electron chi connectivity index (χ1n) is 5.74. The van der Waals surface area contributed by atoms with Crippen LogP contribution in [0.3, 0.4) is 0 Å². The third kappa shape index (κ3) is 4.40. The molecule has 1 saturated carbocycles. The zero-order valence-corrected chi connectivity index (χ0v) is 9.45. The molecule has 0 aromatic heterocycles. The van der Waals surface area contributed by atoms with Gasteiger partial charge in [-0.15, -0.1) is 0 Å². The van der Waals surface area contributed by atoms with E-state index in [2.05, 4.69) is 18.7 Å². The fraction of sp³-hybridized carbons (Fsp3) is 1.00. The summed E-state index contributed by atoms with van der Waals surface area (Å²) < 4.78 is 0. The van der Waals surface area contributed by atoms with E-state index in [0.29, 0.717) is 12.5 Å². The van der Waals surface area contributed by atoms with E-state index in [1.54, 1.807) is 0 Å². The largest absolute Gasteiger partial charge is 0.396 e. The van der Waals surface area contributed by atoms with Gasteiger partial charge in [-0.05, 0) is 39.0 Å². The summed E-state index contributed by atoms with van der Waals surface area (Å²) in [5.41, 5.74) is 5.92. The Labute approximate surface area is 87.3 Å². The molecule has 3 nitrogen and oxygen atoms in total. The molecule has 0 spiro atoms. The van der Waals surface area contributed by atoms with E-state index in [1.165, 1.54) is 19.4 Å². The molecular formula is C11H24N2O. The van der Waals surface area contributed by atoms with E-state index in [0.717, 1.165) is 12.5 Å². The van der Waals surface area contributed by atoms with Crippen molar-refractivity contribution in [2.45, 2.75) is 45.2 Å². The Balaban J connectivity index is 2.25. The summed E-state index contributed by atoms with van der Waals surface area (Å²) in [5, 5.41) is 8.78. The Morgan fingerprint density at radius 2 is 2.07 bits per heavy atom. The van der Waals surface area contributed by atoms with Gasteiger partial charge in [-0.2, -0.15) is 0 Å². The molecule has 0 radical (unpaired) electrons. The van der Waals surface area contributed by atoms with Gasteiger partial charge in [0.2, 0.25) is 0 Å². The SMILES string of the molecule is CC(C)N(CC(N)CCO)CC1CC1. The fourth-order valence-corrected chi connectivity index (χ4v) is 1.69. The van der Waals surface area contributed by atoms with Crippen molar-refractivity contribution in [2.75, 3.05) is 19.7 Å². The highest BCUT2D eigenvalue weighted by atomic mass is 16.3. The number of hydrogen-bond acceptors (Lipinski definition) is 3. The minimum atomic E-state index is 0.126. The molecule has 0 saturated heterocycles. The predicted octanol–water partition coefficient (Wildman–Crippen LogP) is 0.817. The number of nitrogens with two attached hydrogens (primary N) is 1. The number of rotatable bonds is 7. The third-order valence-corrected chi connectivity index (χ3v) is 2.89. The number of aliphatic hydroxyl groups excluding tert-OH is 1. The summed E-state index contributed by atoms with van der Waals surface area (Å²) >= 11 is 0. The van der Waals surface area contributed by atoms with Crippen molar-refractivity contribution in [2.24, 2.45) is 11.7 Å². The van der Waals surface area contributed by atoms with E-state index >= 15 is 0 Å². The maximum Gasteiger partial charge on any atom is 0.0446 e. The van der Waals surface area contributed by atoms with Gasteiger partial charge in [-0.3, -0.25) is 4.90 Å². The molecule has 1 rings (SSSR count). The van der Waals surface area contributed by atoms with E-state index < -0.39 is 0 Å². The maximum atomic E-state index is 8.78. The van der Waals surface area contributed by atoms with E-state index in [-0.39, 0.29) is 12.6 Å². The molecule has 84 valence electrons. The lowest BCUT2D eigenvalue weighted by Crippen LogP contribution is -2.42. The first-order valence-corrected chi connectivity index (χ1v) is 5.74. The number of aliphatic hydroxyl groups is 1. The Bertz CT molecular complexity index is 157. The molecule has 0 heterocycles. The molecule has 3 N–H and O–H groups in total. The van der Waals surface area contributed by atoms with Gasteiger partial charge in [0.1, 0.15) is 0 Å². The van der Waals surface area contributed by atoms with Crippen molar-refractivity contribution in [3.63, 3.8) is 0 Å². The second-order valence-electron chi connectivity index (χ2n) is 4.76. The van der Waals surface area contributed by atoms with Gasteiger partial charge in [-0.1, -0.05) is 0 Å². The zero-order chi connectivity index (χ0) is 10.6. The highest BCUT2D eigenvalue weighted by Gasteiger charge is 2.26. The first-order chi connectivity index (χ1) is 6.63. The van der Waals surface area contributed by atoms with Crippen LogP contribution in [-0.4, -0.2) is 41.8 Å². The third-order valence-electron chi connectivity index (χ3n) is 2.89. The van der Waals surface area contributed by atoms with Crippen molar-refractivity contribution in [1.29, 1.82) is 0 Å². The Morgan fingerprint density at radius 1 is 1.43 bits per heavy atom. The highest BCUT2D eigenvalue weighted by molar-refractivity contribution is 4.80. The van der Waals surface area contributed by atoms with Gasteiger partial charge in [0.25, 0.3) is 0 Å². The van der Waals surface area contributed by atoms with Crippen LogP contribution in [0.1, 0.15) is 33.1 Å². The second kappa shape index (κ2) is 5.69. The highest BCUT2D eigenvalue weighted by Crippen LogP contribution is 2.30. The van der Waals surface area contributed by atoms with Crippen LogP contribution in [0.25, 0.3) is 0 Å². The van der Waals surface area contributed by atoms with E-state index in [1.807, 2.05) is 0 Å². The Kier molecular flexibility index (Phi) is 4.85. The standard InChI is InChI=1S/C11H24N2O/c1-9(2)13(7-10-3-4-10)8-11(12)5-6-14/h9-11,14H,3-8,12H2,1-2H3. The first kappa shape index (κ1) is 12.0. The van der Waals surface area contributed by atoms with Gasteiger partial charge >= 0.3 is 0 Å². The maximum absolute atomic E-state index is 8.78. The van der Waals surface area contributed by atoms with Crippen LogP contribution in [0.15, 0.2) is 0 Å². The Hall–Kier alpha value is -0.120. The summed E-state index contributed by atoms with van der Waals surface area (Å²) in [5.74, 6) is 0.915. The minimum Gasteiger partial charge on any atom is -0.396 e. The normalized spacial score (nSPS) is 19.3. The van der Waals surface area contributed by atoms with Gasteiger partial charge in [0.15, 0.2) is 0 Å². The van der Waals surface area contributed by atoms with Crippen LogP contribution in [0.5, 0.6) is 0 Å². The fourth-order valence-electron chi connectivity index (χ4n) is 1.69. The van der Waals surface area contributed by atoms with Crippen molar-refractivity contribution in [1.82, 2.24) is 4.90 Å². The molecule has 1 atom stereocenters. The topological polar surface area (TPSA) is 49.5 Å². The number of hydrogen-bond donors (Lipinski definition) is 2. The second-order valence-corrected chi connectivity index (χ2v) is 4.76. The average Bonchev–Trinajstić information content (AvgIpc) is 2.87. The van der Waals surface area contributed by atoms with Crippen LogP contribution >= 0.6 is 0 Å². The van der Waals surface area contributed by atoms with E-state index in [9.17, 15) is 0 Å². The van der Waals surface area contributed by atoms with Crippen molar-refractivity contribution in [3.8, 4) is 0 Å². The zero-order valence-electron chi connectivity index (χ0n) is 9.45. The van der Waals surface area contributed by atoms with Crippen molar-refractivity contribution >= 4 is 0 Å². The van der Waals surface area contributed by atoms with Gasteiger partial charge in [0, 0.05) is 31.8 Å². The van der Waals surface area contributed by atoms with Crippen molar-refractivity contribution < 1.29 is 5.11 Å². The molecule has 0 aromatic rings. The molecule has 0 aliphatic heterocycles. The number of nitrogens with zero attached hydrogens (tertiary/aromatic N) is 1. The van der Waals surface area contributed by atoms with Gasteiger partial charge in [0.05, 0.1) is 0 Å². The molecule has 1 aliphatic rings. The van der Waals surface area contributed by atoms with Crippen LogP contribution in [0, 0.1) is 5.92 Å². The summed E-state index contributed by atoms with van der Waals surface area (Å²) in [6.07, 6.45) is 3.49. The Morgan fingerprint density at radius 3 is 2.50 bits per heavy atom. The quantitative estimate of drug-likeness (QED) is 0.639. The lowest BCUT2D eigenvalue weighted by Gasteiger charge is -2.29. The van der Waals surface area contributed by atoms with Crippen LogP contribution in [-0.2, 0) is 0 Å². The summed E-state index contributed by atoms with van der Waals surface area (Å²) in [6, 6.07) is 0.696. The van der Waals surface area contributed by atoms with Crippen LogP contribution in [0.2, 0.25) is 0 Å². The van der Waals surface area contributed by atoms with Gasteiger partial charge < -0.3 is 10.8 Å². The summed E-state index contributed by atoms with van der Waals surface area (Å²) in [4.78, 5) is 2.44. The van der Waals surface area contributed by atoms with E-state index in [4.69, 9.17) is 10.8 Å². The summed E-state index contributed by atoms with van der Waals surface area (Å²) in [7, 11) is 0. The minimum absolute atomic E-state index is 0.126. The molecule has 0 bridgehead atoms. The smallest absolute Gasteiger partial charge is 0.0446 e. The lowest BCUT2D eigenvalue weighted by atomic mass is 10.2. The molecule has 14 heavy (non-hydrogen) atoms. The van der Waals surface area contributed by atoms with Crippen LogP contribution < -0.4 is 5.73 Å². The predicted molar refractivity (Wildman–Crippen MR) is 59.1 cm³/mol. The average molecular weight is 200 g/mol. The lowest BCUT2D eigenvalue weighted by molar-refractivity contribution is 0.184. The summed E-state index contributed by atoms with van der Waals surface area (Å²) in [6.45, 7) is 6.75. The molecular weight excluding hydrogens is 176 g/mol. The molecule has 1 unspecified atom stereocenters.